The summed E-state index contributed by atoms with van der Waals surface area (Å²) in [6, 6.07) is 57.9. The Labute approximate surface area is 287 Å². The number of para-hydroxylation sites is 3. The summed E-state index contributed by atoms with van der Waals surface area (Å²) in [5, 5.41) is 34.0. The molecule has 0 spiro atoms. The van der Waals surface area contributed by atoms with Crippen LogP contribution in [0.5, 0.6) is 0 Å². The van der Waals surface area contributed by atoms with Gasteiger partial charge in [-0.25, -0.2) is 0 Å². The fraction of sp³-hybridized carbons (Fsp3) is 0. The van der Waals surface area contributed by atoms with Gasteiger partial charge in [-0.15, -0.1) is 0 Å². The Morgan fingerprint density at radius 2 is 1.02 bits per heavy atom. The molecular formula is C45H25N5. The Hall–Kier alpha value is -7.39. The van der Waals surface area contributed by atoms with Gasteiger partial charge in [0, 0.05) is 27.1 Å². The quantitative estimate of drug-likeness (QED) is 0.193. The molecule has 2 heterocycles. The molecule has 0 saturated heterocycles. The molecule has 5 heteroatoms. The first-order valence-corrected chi connectivity index (χ1v) is 16.3. The number of nitriles is 3. The summed E-state index contributed by atoms with van der Waals surface area (Å²) >= 11 is 0. The predicted octanol–water partition coefficient (Wildman–Crippen LogP) is 10.8. The second kappa shape index (κ2) is 11.4. The number of rotatable bonds is 4. The molecule has 7 aromatic carbocycles. The Bertz CT molecular complexity index is 2970. The van der Waals surface area contributed by atoms with Gasteiger partial charge in [-0.1, -0.05) is 84.9 Å². The number of nitrogens with zero attached hydrogens (tertiary/aromatic N) is 5. The van der Waals surface area contributed by atoms with Crippen LogP contribution in [0.25, 0.3) is 77.2 Å². The van der Waals surface area contributed by atoms with Gasteiger partial charge >= 0.3 is 0 Å². The van der Waals surface area contributed by atoms with E-state index in [1.54, 1.807) is 0 Å². The first-order chi connectivity index (χ1) is 24.7. The third-order valence-corrected chi connectivity index (χ3v) is 9.63. The van der Waals surface area contributed by atoms with Crippen molar-refractivity contribution < 1.29 is 0 Å². The Morgan fingerprint density at radius 1 is 0.380 bits per heavy atom. The van der Waals surface area contributed by atoms with Crippen LogP contribution < -0.4 is 0 Å². The van der Waals surface area contributed by atoms with E-state index >= 15 is 0 Å². The van der Waals surface area contributed by atoms with Crippen molar-refractivity contribution >= 4 is 43.6 Å². The van der Waals surface area contributed by atoms with Crippen molar-refractivity contribution in [1.29, 1.82) is 15.8 Å². The minimum absolute atomic E-state index is 0.542. The molecule has 0 atom stereocenters. The van der Waals surface area contributed by atoms with Gasteiger partial charge in [-0.3, -0.25) is 0 Å². The molecule has 0 saturated carbocycles. The van der Waals surface area contributed by atoms with Crippen molar-refractivity contribution in [2.75, 3.05) is 0 Å². The van der Waals surface area contributed by atoms with Crippen LogP contribution in [-0.4, -0.2) is 9.13 Å². The highest BCUT2D eigenvalue weighted by molar-refractivity contribution is 6.12. The van der Waals surface area contributed by atoms with Crippen LogP contribution in [0.2, 0.25) is 0 Å². The van der Waals surface area contributed by atoms with E-state index in [4.69, 9.17) is 0 Å². The number of benzene rings is 7. The highest BCUT2D eigenvalue weighted by atomic mass is 15.0. The minimum atomic E-state index is 0.542. The fourth-order valence-corrected chi connectivity index (χ4v) is 7.45. The molecule has 0 amide bonds. The number of hydrogen-bond donors (Lipinski definition) is 0. The Kier molecular flexibility index (Phi) is 6.56. The van der Waals surface area contributed by atoms with Gasteiger partial charge in [0.2, 0.25) is 0 Å². The summed E-state index contributed by atoms with van der Waals surface area (Å²) in [6.45, 7) is 0. The molecule has 5 nitrogen and oxygen atoms in total. The topological polar surface area (TPSA) is 81.2 Å². The maximum atomic E-state index is 10.5. The van der Waals surface area contributed by atoms with Crippen molar-refractivity contribution in [2.45, 2.75) is 0 Å². The first kappa shape index (κ1) is 28.8. The van der Waals surface area contributed by atoms with Crippen LogP contribution in [0.1, 0.15) is 16.7 Å². The average Bonchev–Trinajstić information content (AvgIpc) is 3.70. The number of aromatic nitrogens is 2. The van der Waals surface area contributed by atoms with Gasteiger partial charge in [0.1, 0.15) is 6.07 Å². The van der Waals surface area contributed by atoms with Crippen molar-refractivity contribution in [1.82, 2.24) is 9.13 Å². The lowest BCUT2D eigenvalue weighted by Gasteiger charge is -2.15. The van der Waals surface area contributed by atoms with Crippen LogP contribution in [-0.2, 0) is 0 Å². The zero-order valence-electron chi connectivity index (χ0n) is 26.7. The summed E-state index contributed by atoms with van der Waals surface area (Å²) in [4.78, 5) is 0. The summed E-state index contributed by atoms with van der Waals surface area (Å²) in [5.41, 5.74) is 11.6. The van der Waals surface area contributed by atoms with Gasteiger partial charge in [0.05, 0.1) is 62.3 Å². The molecule has 230 valence electrons. The van der Waals surface area contributed by atoms with Gasteiger partial charge in [0.15, 0.2) is 0 Å². The largest absolute Gasteiger partial charge is 0.309 e. The minimum Gasteiger partial charge on any atom is -0.309 e. The second-order valence-corrected chi connectivity index (χ2v) is 12.3. The molecule has 0 unspecified atom stereocenters. The zero-order chi connectivity index (χ0) is 33.8. The normalized spacial score (nSPS) is 11.1. The standard InChI is InChI=1S/C45H25N5/c46-26-29-19-21-43-38(23-29)36-13-2-5-16-41(36)50(43)40-15-4-1-12-35(40)32-10-7-9-30(24-32)31-20-22-39(34(25-31)28-48)49-42-17-6-3-14-37(42)45-33(27-47)11-8-18-44(45)49/h1-25H. The van der Waals surface area contributed by atoms with E-state index < -0.39 is 0 Å². The molecule has 0 aliphatic carbocycles. The van der Waals surface area contributed by atoms with E-state index in [-0.39, 0.29) is 0 Å². The molecule has 9 aromatic rings. The van der Waals surface area contributed by atoms with Crippen LogP contribution in [0.15, 0.2) is 152 Å². The second-order valence-electron chi connectivity index (χ2n) is 12.3. The lowest BCUT2D eigenvalue weighted by Crippen LogP contribution is -1.98. The van der Waals surface area contributed by atoms with Crippen molar-refractivity contribution in [2.24, 2.45) is 0 Å². The summed E-state index contributed by atoms with van der Waals surface area (Å²) in [7, 11) is 0. The highest BCUT2D eigenvalue weighted by Gasteiger charge is 2.19. The molecule has 0 fully saturated rings. The molecule has 0 bridgehead atoms. The predicted molar refractivity (Wildman–Crippen MR) is 200 cm³/mol. The van der Waals surface area contributed by atoms with E-state index in [0.717, 1.165) is 77.2 Å². The van der Waals surface area contributed by atoms with Crippen LogP contribution in [0, 0.1) is 34.0 Å². The van der Waals surface area contributed by atoms with E-state index in [9.17, 15) is 15.8 Å². The van der Waals surface area contributed by atoms with Crippen molar-refractivity contribution in [3.63, 3.8) is 0 Å². The SMILES string of the molecule is N#Cc1ccc2c(c1)c1ccccc1n2-c1ccccc1-c1cccc(-c2ccc(-n3c4ccccc4c4c(C#N)cccc43)c(C#N)c2)c1. The lowest BCUT2D eigenvalue weighted by atomic mass is 9.96. The third kappa shape index (κ3) is 4.31. The molecular weight excluding hydrogens is 611 g/mol. The van der Waals surface area contributed by atoms with Crippen LogP contribution >= 0.6 is 0 Å². The van der Waals surface area contributed by atoms with Crippen LogP contribution in [0.4, 0.5) is 0 Å². The maximum Gasteiger partial charge on any atom is 0.101 e. The van der Waals surface area contributed by atoms with Gasteiger partial charge in [0.25, 0.3) is 0 Å². The summed E-state index contributed by atoms with van der Waals surface area (Å²) < 4.78 is 4.37. The molecule has 9 rings (SSSR count). The first-order valence-electron chi connectivity index (χ1n) is 16.3. The van der Waals surface area contributed by atoms with Gasteiger partial charge in [-0.2, -0.15) is 15.8 Å². The molecule has 50 heavy (non-hydrogen) atoms. The number of fused-ring (bicyclic) bond motifs is 6. The average molecular weight is 636 g/mol. The highest BCUT2D eigenvalue weighted by Crippen LogP contribution is 2.39. The van der Waals surface area contributed by atoms with E-state index in [2.05, 4.69) is 94.1 Å². The Morgan fingerprint density at radius 3 is 1.84 bits per heavy atom. The van der Waals surface area contributed by atoms with E-state index in [1.807, 2.05) is 84.9 Å². The lowest BCUT2D eigenvalue weighted by molar-refractivity contribution is 1.17. The number of hydrogen-bond acceptors (Lipinski definition) is 3. The van der Waals surface area contributed by atoms with Crippen LogP contribution in [0.3, 0.4) is 0 Å². The van der Waals surface area contributed by atoms with E-state index in [0.29, 0.717) is 16.7 Å². The summed E-state index contributed by atoms with van der Waals surface area (Å²) in [5.74, 6) is 0. The smallest absolute Gasteiger partial charge is 0.101 e. The maximum absolute atomic E-state index is 10.5. The fourth-order valence-electron chi connectivity index (χ4n) is 7.45. The molecule has 0 aliphatic heterocycles. The van der Waals surface area contributed by atoms with Crippen molar-refractivity contribution in [3.05, 3.63) is 168 Å². The van der Waals surface area contributed by atoms with Gasteiger partial charge < -0.3 is 9.13 Å². The van der Waals surface area contributed by atoms with Gasteiger partial charge in [-0.05, 0) is 83.4 Å². The van der Waals surface area contributed by atoms with E-state index in [1.165, 1.54) is 0 Å². The molecule has 0 N–H and O–H groups in total. The molecule has 0 radical (unpaired) electrons. The molecule has 0 aliphatic rings. The zero-order valence-corrected chi connectivity index (χ0v) is 26.7. The summed E-state index contributed by atoms with van der Waals surface area (Å²) in [6.07, 6.45) is 0. The monoisotopic (exact) mass is 635 g/mol. The third-order valence-electron chi connectivity index (χ3n) is 9.63. The Balaban J connectivity index is 1.19. The molecule has 2 aromatic heterocycles. The van der Waals surface area contributed by atoms with Crippen molar-refractivity contribution in [3.8, 4) is 51.8 Å².